The summed E-state index contributed by atoms with van der Waals surface area (Å²) in [7, 11) is 0.567. The lowest BCUT2D eigenvalue weighted by Gasteiger charge is -2.27. The molecule has 0 aromatic heterocycles. The van der Waals surface area contributed by atoms with Crippen molar-refractivity contribution in [1.82, 2.24) is 0 Å². The summed E-state index contributed by atoms with van der Waals surface area (Å²) in [5, 5.41) is 16.4. The number of aliphatic hydroxyl groups is 1. The van der Waals surface area contributed by atoms with Crippen molar-refractivity contribution < 1.29 is 32.9 Å². The largest absolute Gasteiger partial charge is 0.479 e. The third-order valence-electron chi connectivity index (χ3n) is 1.37. The van der Waals surface area contributed by atoms with Crippen molar-refractivity contribution >= 4 is 5.97 Å². The molecule has 0 radical (unpaired) electrons. The van der Waals surface area contributed by atoms with E-state index in [-0.39, 0.29) is 0 Å². The van der Waals surface area contributed by atoms with E-state index in [9.17, 15) is 18.0 Å². The lowest BCUT2D eigenvalue weighted by molar-refractivity contribution is -0.276. The number of alkyl halides is 3. The summed E-state index contributed by atoms with van der Waals surface area (Å²) in [6, 6.07) is 0. The van der Waals surface area contributed by atoms with Gasteiger partial charge in [-0.2, -0.15) is 13.2 Å². The van der Waals surface area contributed by atoms with Gasteiger partial charge in [0, 0.05) is 7.11 Å². The number of aliphatic carboxylic acids is 1. The fraction of sp³-hybridized carbons (Fsp3) is 0.800. The molecule has 0 heterocycles. The Morgan fingerprint density at radius 2 is 1.92 bits per heavy atom. The van der Waals surface area contributed by atoms with Crippen LogP contribution in [0.3, 0.4) is 0 Å². The highest BCUT2D eigenvalue weighted by Crippen LogP contribution is 2.33. The topological polar surface area (TPSA) is 66.8 Å². The van der Waals surface area contributed by atoms with Crippen molar-refractivity contribution in [3.8, 4) is 0 Å². The van der Waals surface area contributed by atoms with Gasteiger partial charge in [-0.05, 0) is 0 Å². The highest BCUT2D eigenvalue weighted by molar-refractivity contribution is 5.78. The zero-order chi connectivity index (χ0) is 9.99. The van der Waals surface area contributed by atoms with Gasteiger partial charge in [-0.3, -0.25) is 0 Å². The van der Waals surface area contributed by atoms with Crippen molar-refractivity contribution in [1.29, 1.82) is 0 Å². The monoisotopic (exact) mass is 188 g/mol. The van der Waals surface area contributed by atoms with Crippen LogP contribution < -0.4 is 0 Å². The highest BCUT2D eigenvalue weighted by Gasteiger charge is 2.61. The van der Waals surface area contributed by atoms with E-state index >= 15 is 0 Å². The number of carboxylic acids is 1. The molecule has 0 aromatic carbocycles. The van der Waals surface area contributed by atoms with Gasteiger partial charge in [0.1, 0.15) is 0 Å². The maximum atomic E-state index is 12.0. The number of carbonyl (C=O) groups is 1. The zero-order valence-corrected chi connectivity index (χ0v) is 6.05. The molecule has 1 unspecified atom stereocenters. The van der Waals surface area contributed by atoms with Crippen molar-refractivity contribution in [2.45, 2.75) is 11.8 Å². The van der Waals surface area contributed by atoms with Gasteiger partial charge < -0.3 is 14.9 Å². The summed E-state index contributed by atoms with van der Waals surface area (Å²) in [4.78, 5) is 10.1. The molecule has 0 aliphatic heterocycles. The minimum absolute atomic E-state index is 0.567. The van der Waals surface area contributed by atoms with Crippen molar-refractivity contribution in [3.63, 3.8) is 0 Å². The van der Waals surface area contributed by atoms with Gasteiger partial charge in [0.15, 0.2) is 0 Å². The van der Waals surface area contributed by atoms with Crippen molar-refractivity contribution in [2.24, 2.45) is 0 Å². The van der Waals surface area contributed by atoms with E-state index in [1.165, 1.54) is 0 Å². The van der Waals surface area contributed by atoms with Gasteiger partial charge in [-0.15, -0.1) is 0 Å². The number of aliphatic hydroxyl groups excluding tert-OH is 1. The second-order valence-corrected chi connectivity index (χ2v) is 1.99. The number of hydrogen-bond acceptors (Lipinski definition) is 3. The highest BCUT2D eigenvalue weighted by atomic mass is 19.4. The van der Waals surface area contributed by atoms with E-state index in [0.29, 0.717) is 7.11 Å². The molecule has 0 aromatic rings. The molecular weight excluding hydrogens is 181 g/mol. The normalized spacial score (nSPS) is 17.1. The number of rotatable bonds is 3. The molecule has 1 atom stereocenters. The number of halogens is 3. The predicted molar refractivity (Wildman–Crippen MR) is 30.5 cm³/mol. The Kier molecular flexibility index (Phi) is 3.05. The molecule has 0 saturated carbocycles. The maximum absolute atomic E-state index is 12.0. The van der Waals surface area contributed by atoms with Crippen LogP contribution in [0.4, 0.5) is 13.2 Å². The fourth-order valence-corrected chi connectivity index (χ4v) is 0.546. The average molecular weight is 188 g/mol. The Hall–Kier alpha value is -0.820. The minimum Gasteiger partial charge on any atom is -0.479 e. The van der Waals surface area contributed by atoms with Crippen LogP contribution in [0.15, 0.2) is 0 Å². The van der Waals surface area contributed by atoms with Gasteiger partial charge in [-0.25, -0.2) is 4.79 Å². The fourth-order valence-electron chi connectivity index (χ4n) is 0.546. The van der Waals surface area contributed by atoms with Crippen LogP contribution >= 0.6 is 0 Å². The molecule has 0 bridgehead atoms. The van der Waals surface area contributed by atoms with Crippen LogP contribution in [-0.2, 0) is 9.53 Å². The first-order chi connectivity index (χ1) is 5.31. The first-order valence-corrected chi connectivity index (χ1v) is 2.78. The van der Waals surface area contributed by atoms with E-state index in [0.717, 1.165) is 0 Å². The molecule has 0 aliphatic rings. The lowest BCUT2D eigenvalue weighted by Crippen LogP contribution is -2.56. The first kappa shape index (κ1) is 11.2. The summed E-state index contributed by atoms with van der Waals surface area (Å²) in [6.45, 7) is -1.65. The molecule has 0 fully saturated rings. The molecule has 0 spiro atoms. The molecule has 12 heavy (non-hydrogen) atoms. The lowest BCUT2D eigenvalue weighted by atomic mass is 10.1. The molecule has 72 valence electrons. The first-order valence-electron chi connectivity index (χ1n) is 2.78. The molecular formula is C5H7F3O4. The van der Waals surface area contributed by atoms with E-state index in [4.69, 9.17) is 10.2 Å². The van der Waals surface area contributed by atoms with Crippen LogP contribution in [0.1, 0.15) is 0 Å². The molecule has 2 N–H and O–H groups in total. The number of methoxy groups -OCH3 is 1. The van der Waals surface area contributed by atoms with Gasteiger partial charge in [0.2, 0.25) is 0 Å². The van der Waals surface area contributed by atoms with Crippen LogP contribution in [0.25, 0.3) is 0 Å². The van der Waals surface area contributed by atoms with Gasteiger partial charge >= 0.3 is 12.1 Å². The van der Waals surface area contributed by atoms with Crippen molar-refractivity contribution in [2.75, 3.05) is 13.7 Å². The smallest absolute Gasteiger partial charge is 0.430 e. The van der Waals surface area contributed by atoms with E-state index in [1.807, 2.05) is 0 Å². The quantitative estimate of drug-likeness (QED) is 0.654. The molecule has 4 nitrogen and oxygen atoms in total. The summed E-state index contributed by atoms with van der Waals surface area (Å²) < 4.78 is 39.6. The third-order valence-corrected chi connectivity index (χ3v) is 1.37. The van der Waals surface area contributed by atoms with E-state index in [2.05, 4.69) is 4.74 Å². The number of carboxylic acid groups (broad SMARTS) is 1. The molecule has 0 saturated heterocycles. The van der Waals surface area contributed by atoms with E-state index in [1.54, 1.807) is 0 Å². The van der Waals surface area contributed by atoms with Gasteiger partial charge in [0.25, 0.3) is 5.60 Å². The Bertz CT molecular complexity index is 172. The summed E-state index contributed by atoms with van der Waals surface area (Å²) in [5.41, 5.74) is -3.51. The SMILES string of the molecule is COC(CO)(C(=O)O)C(F)(F)F. The Balaban J connectivity index is 4.97. The van der Waals surface area contributed by atoms with Gasteiger partial charge in [-0.1, -0.05) is 0 Å². The van der Waals surface area contributed by atoms with E-state index < -0.39 is 24.4 Å². The summed E-state index contributed by atoms with van der Waals surface area (Å²) in [6.07, 6.45) is -5.14. The minimum atomic E-state index is -5.14. The van der Waals surface area contributed by atoms with Crippen LogP contribution in [0, 0.1) is 0 Å². The second-order valence-electron chi connectivity index (χ2n) is 1.99. The molecule has 0 amide bonds. The molecule has 7 heteroatoms. The second kappa shape index (κ2) is 3.28. The average Bonchev–Trinajstić information content (AvgIpc) is 1.87. The number of hydrogen-bond donors (Lipinski definition) is 2. The summed E-state index contributed by atoms with van der Waals surface area (Å²) in [5.74, 6) is -2.26. The van der Waals surface area contributed by atoms with Crippen molar-refractivity contribution in [3.05, 3.63) is 0 Å². The predicted octanol–water partition coefficient (Wildman–Crippen LogP) is 0.0108. The van der Waals surface area contributed by atoms with Crippen LogP contribution in [-0.4, -0.2) is 41.7 Å². The Labute approximate surface area is 65.6 Å². The third kappa shape index (κ3) is 1.51. The summed E-state index contributed by atoms with van der Waals surface area (Å²) >= 11 is 0. The maximum Gasteiger partial charge on any atom is 0.430 e. The van der Waals surface area contributed by atoms with Crippen LogP contribution in [0.2, 0.25) is 0 Å². The van der Waals surface area contributed by atoms with Crippen LogP contribution in [0.5, 0.6) is 0 Å². The Morgan fingerprint density at radius 3 is 1.92 bits per heavy atom. The van der Waals surface area contributed by atoms with Gasteiger partial charge in [0.05, 0.1) is 6.61 Å². The number of ether oxygens (including phenoxy) is 1. The zero-order valence-electron chi connectivity index (χ0n) is 6.05. The standard InChI is InChI=1S/C5H7F3O4/c1-12-4(2-9,3(10)11)5(6,7)8/h9H,2H2,1H3,(H,10,11). The molecule has 0 rings (SSSR count). The Morgan fingerprint density at radius 1 is 1.50 bits per heavy atom. The molecule has 0 aliphatic carbocycles.